The minimum absolute atomic E-state index is 0.0547. The molecule has 0 aliphatic rings. The molecule has 16 heavy (non-hydrogen) atoms. The molecule has 0 unspecified atom stereocenters. The molecule has 0 aliphatic heterocycles. The quantitative estimate of drug-likeness (QED) is 0.700. The van der Waals surface area contributed by atoms with Crippen LogP contribution >= 0.6 is 0 Å². The van der Waals surface area contributed by atoms with Crippen molar-refractivity contribution in [3.05, 3.63) is 35.9 Å². The zero-order chi connectivity index (χ0) is 12.0. The third kappa shape index (κ3) is 4.00. The standard InChI is InChI=1S/C12H18N2O2/c1-13(10-12(15)14(2)16-3)9-11-7-5-4-6-8-11/h4-8H,9-10H2,1-3H3. The summed E-state index contributed by atoms with van der Waals surface area (Å²) in [6.45, 7) is 1.10. The van der Waals surface area contributed by atoms with Crippen LogP contribution in [0.2, 0.25) is 0 Å². The van der Waals surface area contributed by atoms with Crippen LogP contribution in [0.4, 0.5) is 0 Å². The maximum absolute atomic E-state index is 11.5. The summed E-state index contributed by atoms with van der Waals surface area (Å²) in [4.78, 5) is 18.3. The number of hydrogen-bond donors (Lipinski definition) is 0. The van der Waals surface area contributed by atoms with Crippen LogP contribution in [0, 0.1) is 0 Å². The van der Waals surface area contributed by atoms with E-state index in [1.807, 2.05) is 42.3 Å². The number of nitrogens with zero attached hydrogens (tertiary/aromatic N) is 2. The Morgan fingerprint density at radius 2 is 1.88 bits per heavy atom. The van der Waals surface area contributed by atoms with Gasteiger partial charge < -0.3 is 0 Å². The van der Waals surface area contributed by atoms with E-state index >= 15 is 0 Å². The largest absolute Gasteiger partial charge is 0.293 e. The molecule has 0 fully saturated rings. The number of hydroxylamine groups is 2. The van der Waals surface area contributed by atoms with Crippen molar-refractivity contribution in [1.82, 2.24) is 9.96 Å². The normalized spacial score (nSPS) is 10.5. The Labute approximate surface area is 96.4 Å². The predicted octanol–water partition coefficient (Wildman–Crippen LogP) is 1.14. The second kappa shape index (κ2) is 6.25. The third-order valence-electron chi connectivity index (χ3n) is 2.33. The highest BCUT2D eigenvalue weighted by Crippen LogP contribution is 2.02. The molecule has 4 heteroatoms. The van der Waals surface area contributed by atoms with E-state index in [-0.39, 0.29) is 5.91 Å². The molecule has 1 aromatic carbocycles. The average molecular weight is 222 g/mol. The molecule has 0 bridgehead atoms. The molecule has 0 N–H and O–H groups in total. The lowest BCUT2D eigenvalue weighted by atomic mass is 10.2. The van der Waals surface area contributed by atoms with Crippen molar-refractivity contribution in [1.29, 1.82) is 0 Å². The molecule has 1 amide bonds. The molecule has 0 heterocycles. The Kier molecular flexibility index (Phi) is 4.95. The summed E-state index contributed by atoms with van der Waals surface area (Å²) in [5, 5.41) is 1.24. The fraction of sp³-hybridized carbons (Fsp3) is 0.417. The molecule has 1 rings (SSSR count). The molecule has 0 saturated carbocycles. The van der Waals surface area contributed by atoms with E-state index in [1.54, 1.807) is 7.05 Å². The van der Waals surface area contributed by atoms with Crippen LogP contribution in [-0.4, -0.2) is 43.6 Å². The van der Waals surface area contributed by atoms with Gasteiger partial charge in [0, 0.05) is 13.6 Å². The number of likely N-dealkylation sites (N-methyl/N-ethyl adjacent to an activating group) is 2. The lowest BCUT2D eigenvalue weighted by Crippen LogP contribution is -2.35. The summed E-state index contributed by atoms with van der Waals surface area (Å²) in [5.74, 6) is -0.0547. The molecule has 0 saturated heterocycles. The Morgan fingerprint density at radius 3 is 2.44 bits per heavy atom. The summed E-state index contributed by atoms with van der Waals surface area (Å²) >= 11 is 0. The van der Waals surface area contributed by atoms with Crippen molar-refractivity contribution in [2.24, 2.45) is 0 Å². The smallest absolute Gasteiger partial charge is 0.259 e. The van der Waals surface area contributed by atoms with Gasteiger partial charge in [0.25, 0.3) is 5.91 Å². The predicted molar refractivity (Wildman–Crippen MR) is 62.6 cm³/mol. The molecule has 1 aromatic rings. The van der Waals surface area contributed by atoms with Gasteiger partial charge in [-0.2, -0.15) is 0 Å². The van der Waals surface area contributed by atoms with E-state index in [0.29, 0.717) is 6.54 Å². The van der Waals surface area contributed by atoms with Crippen LogP contribution in [0.1, 0.15) is 5.56 Å². The summed E-state index contributed by atoms with van der Waals surface area (Å²) in [6, 6.07) is 10.0. The van der Waals surface area contributed by atoms with Gasteiger partial charge in [0.15, 0.2) is 0 Å². The molecular formula is C12H18N2O2. The first kappa shape index (κ1) is 12.7. The first-order chi connectivity index (χ1) is 7.63. The van der Waals surface area contributed by atoms with Crippen LogP contribution in [0.25, 0.3) is 0 Å². The van der Waals surface area contributed by atoms with Crippen LogP contribution in [0.3, 0.4) is 0 Å². The zero-order valence-electron chi connectivity index (χ0n) is 10.0. The van der Waals surface area contributed by atoms with Crippen molar-refractivity contribution >= 4 is 5.91 Å². The van der Waals surface area contributed by atoms with Crippen molar-refractivity contribution in [3.8, 4) is 0 Å². The van der Waals surface area contributed by atoms with E-state index < -0.39 is 0 Å². The Bertz CT molecular complexity index is 327. The summed E-state index contributed by atoms with van der Waals surface area (Å²) in [7, 11) is 5.00. The van der Waals surface area contributed by atoms with Crippen LogP contribution in [-0.2, 0) is 16.2 Å². The van der Waals surface area contributed by atoms with E-state index in [2.05, 4.69) is 0 Å². The van der Waals surface area contributed by atoms with Gasteiger partial charge in [-0.1, -0.05) is 30.3 Å². The Balaban J connectivity index is 2.42. The van der Waals surface area contributed by atoms with E-state index in [1.165, 1.54) is 17.7 Å². The number of benzene rings is 1. The van der Waals surface area contributed by atoms with Crippen LogP contribution in [0.15, 0.2) is 30.3 Å². The van der Waals surface area contributed by atoms with Crippen molar-refractivity contribution in [2.75, 3.05) is 27.7 Å². The lowest BCUT2D eigenvalue weighted by molar-refractivity contribution is -0.169. The Morgan fingerprint density at radius 1 is 1.25 bits per heavy atom. The van der Waals surface area contributed by atoms with Crippen molar-refractivity contribution in [3.63, 3.8) is 0 Å². The molecule has 88 valence electrons. The lowest BCUT2D eigenvalue weighted by Gasteiger charge is -2.19. The van der Waals surface area contributed by atoms with Crippen molar-refractivity contribution < 1.29 is 9.63 Å². The van der Waals surface area contributed by atoms with E-state index in [4.69, 9.17) is 4.84 Å². The highest BCUT2D eigenvalue weighted by atomic mass is 16.7. The van der Waals surface area contributed by atoms with Gasteiger partial charge in [0.05, 0.1) is 13.7 Å². The second-order valence-corrected chi connectivity index (χ2v) is 3.73. The number of carbonyl (C=O) groups is 1. The third-order valence-corrected chi connectivity index (χ3v) is 2.33. The molecule has 0 radical (unpaired) electrons. The van der Waals surface area contributed by atoms with Gasteiger partial charge >= 0.3 is 0 Å². The molecule has 4 nitrogen and oxygen atoms in total. The minimum Gasteiger partial charge on any atom is -0.293 e. The average Bonchev–Trinajstić information content (AvgIpc) is 2.29. The monoisotopic (exact) mass is 222 g/mol. The van der Waals surface area contributed by atoms with Gasteiger partial charge in [0.1, 0.15) is 0 Å². The second-order valence-electron chi connectivity index (χ2n) is 3.73. The fourth-order valence-electron chi connectivity index (χ4n) is 1.38. The number of hydrogen-bond acceptors (Lipinski definition) is 3. The van der Waals surface area contributed by atoms with Gasteiger partial charge in [0.2, 0.25) is 0 Å². The first-order valence-electron chi connectivity index (χ1n) is 5.16. The van der Waals surface area contributed by atoms with E-state index in [9.17, 15) is 4.79 Å². The summed E-state index contributed by atoms with van der Waals surface area (Å²) in [5.41, 5.74) is 1.19. The highest BCUT2D eigenvalue weighted by Gasteiger charge is 2.11. The van der Waals surface area contributed by atoms with Crippen LogP contribution in [0.5, 0.6) is 0 Å². The maximum atomic E-state index is 11.5. The minimum atomic E-state index is -0.0547. The molecule has 0 aromatic heterocycles. The summed E-state index contributed by atoms with van der Waals surface area (Å²) < 4.78 is 0. The van der Waals surface area contributed by atoms with E-state index in [0.717, 1.165) is 6.54 Å². The number of rotatable bonds is 5. The Hall–Kier alpha value is -1.39. The highest BCUT2D eigenvalue weighted by molar-refractivity contribution is 5.76. The van der Waals surface area contributed by atoms with Gasteiger partial charge in [-0.05, 0) is 12.6 Å². The SMILES string of the molecule is CON(C)C(=O)CN(C)Cc1ccccc1. The molecular weight excluding hydrogens is 204 g/mol. The first-order valence-corrected chi connectivity index (χ1v) is 5.16. The maximum Gasteiger partial charge on any atom is 0.259 e. The molecule has 0 aliphatic carbocycles. The topological polar surface area (TPSA) is 32.8 Å². The van der Waals surface area contributed by atoms with Gasteiger partial charge in [-0.15, -0.1) is 0 Å². The van der Waals surface area contributed by atoms with Gasteiger partial charge in [-0.3, -0.25) is 14.5 Å². The van der Waals surface area contributed by atoms with Gasteiger partial charge in [-0.25, -0.2) is 5.06 Å². The zero-order valence-corrected chi connectivity index (χ0v) is 10.0. The fourth-order valence-corrected chi connectivity index (χ4v) is 1.38. The summed E-state index contributed by atoms with van der Waals surface area (Å²) in [6.07, 6.45) is 0. The number of amides is 1. The van der Waals surface area contributed by atoms with Crippen LogP contribution < -0.4 is 0 Å². The van der Waals surface area contributed by atoms with Crippen molar-refractivity contribution in [2.45, 2.75) is 6.54 Å². The molecule has 0 spiro atoms. The number of carbonyl (C=O) groups excluding carboxylic acids is 1. The molecule has 0 atom stereocenters.